The molecule has 2 aromatic rings. The van der Waals surface area contributed by atoms with E-state index in [-0.39, 0.29) is 11.9 Å². The summed E-state index contributed by atoms with van der Waals surface area (Å²) < 4.78 is 1.82. The van der Waals surface area contributed by atoms with E-state index in [0.717, 1.165) is 20.3 Å². The standard InChI is InChI=1S/C13H13BrIN3O/c1-2-11(12-16-5-6-17-12)18-13(19)9-7-8(15)3-4-10(9)14/h3-7,11H,2H2,1H3,(H,16,17)(H,18,19). The molecule has 0 saturated heterocycles. The second-order valence-electron chi connectivity index (χ2n) is 4.03. The number of hydrogen-bond acceptors (Lipinski definition) is 2. The maximum atomic E-state index is 12.3. The number of imidazole rings is 1. The van der Waals surface area contributed by atoms with Crippen molar-refractivity contribution in [3.8, 4) is 0 Å². The van der Waals surface area contributed by atoms with Gasteiger partial charge in [0.05, 0.1) is 11.6 Å². The van der Waals surface area contributed by atoms with E-state index < -0.39 is 0 Å². The van der Waals surface area contributed by atoms with Crippen molar-refractivity contribution in [3.63, 3.8) is 0 Å². The molecule has 100 valence electrons. The van der Waals surface area contributed by atoms with E-state index in [4.69, 9.17) is 0 Å². The third-order valence-electron chi connectivity index (χ3n) is 2.74. The van der Waals surface area contributed by atoms with Crippen molar-refractivity contribution in [2.24, 2.45) is 0 Å². The van der Waals surface area contributed by atoms with Crippen LogP contribution in [0.15, 0.2) is 35.1 Å². The predicted octanol–water partition coefficient (Wildman–Crippen LogP) is 3.66. The average Bonchev–Trinajstić information content (AvgIpc) is 2.92. The number of carbonyl (C=O) groups is 1. The fourth-order valence-corrected chi connectivity index (χ4v) is 2.66. The Morgan fingerprint density at radius 3 is 3.00 bits per heavy atom. The molecule has 0 radical (unpaired) electrons. The van der Waals surface area contributed by atoms with Gasteiger partial charge in [-0.1, -0.05) is 6.92 Å². The molecule has 0 aliphatic rings. The number of aromatic nitrogens is 2. The molecule has 1 amide bonds. The molecule has 0 aliphatic heterocycles. The molecule has 0 fully saturated rings. The largest absolute Gasteiger partial charge is 0.347 e. The molecule has 1 atom stereocenters. The van der Waals surface area contributed by atoms with Crippen LogP contribution in [-0.2, 0) is 0 Å². The number of nitrogens with one attached hydrogen (secondary N) is 2. The van der Waals surface area contributed by atoms with Gasteiger partial charge in [0.1, 0.15) is 5.82 Å². The number of benzene rings is 1. The molecule has 1 aromatic heterocycles. The van der Waals surface area contributed by atoms with Gasteiger partial charge in [-0.3, -0.25) is 4.79 Å². The van der Waals surface area contributed by atoms with Gasteiger partial charge in [0.2, 0.25) is 0 Å². The monoisotopic (exact) mass is 433 g/mol. The smallest absolute Gasteiger partial charge is 0.253 e. The van der Waals surface area contributed by atoms with Crippen molar-refractivity contribution >= 4 is 44.4 Å². The number of carbonyl (C=O) groups excluding carboxylic acids is 1. The van der Waals surface area contributed by atoms with Crippen LogP contribution in [0.25, 0.3) is 0 Å². The lowest BCUT2D eigenvalue weighted by molar-refractivity contribution is 0.0933. The van der Waals surface area contributed by atoms with Gasteiger partial charge >= 0.3 is 0 Å². The van der Waals surface area contributed by atoms with Crippen molar-refractivity contribution in [3.05, 3.63) is 50.0 Å². The zero-order valence-electron chi connectivity index (χ0n) is 10.3. The van der Waals surface area contributed by atoms with Gasteiger partial charge in [-0.2, -0.15) is 0 Å². The molecule has 0 aliphatic carbocycles. The molecular formula is C13H13BrIN3O. The molecule has 0 spiro atoms. The fourth-order valence-electron chi connectivity index (χ4n) is 1.74. The number of aromatic amines is 1. The van der Waals surface area contributed by atoms with Gasteiger partial charge in [0.25, 0.3) is 5.91 Å². The molecule has 0 saturated carbocycles. The third-order valence-corrected chi connectivity index (χ3v) is 4.10. The summed E-state index contributed by atoms with van der Waals surface area (Å²) in [6.45, 7) is 2.01. The minimum atomic E-state index is -0.104. The number of amides is 1. The summed E-state index contributed by atoms with van der Waals surface area (Å²) in [7, 11) is 0. The van der Waals surface area contributed by atoms with Gasteiger partial charge in [0, 0.05) is 20.4 Å². The maximum absolute atomic E-state index is 12.3. The summed E-state index contributed by atoms with van der Waals surface area (Å²) in [5.41, 5.74) is 0.636. The van der Waals surface area contributed by atoms with Crippen LogP contribution in [0.4, 0.5) is 0 Å². The Labute approximate surface area is 133 Å². The highest BCUT2D eigenvalue weighted by Crippen LogP contribution is 2.21. The van der Waals surface area contributed by atoms with E-state index in [2.05, 4.69) is 53.8 Å². The van der Waals surface area contributed by atoms with Crippen molar-refractivity contribution < 1.29 is 4.79 Å². The van der Waals surface area contributed by atoms with Crippen molar-refractivity contribution in [2.75, 3.05) is 0 Å². The Morgan fingerprint density at radius 1 is 1.58 bits per heavy atom. The van der Waals surface area contributed by atoms with Gasteiger partial charge in [-0.15, -0.1) is 0 Å². The van der Waals surface area contributed by atoms with Crippen molar-refractivity contribution in [1.29, 1.82) is 0 Å². The molecule has 2 rings (SSSR count). The first-order valence-electron chi connectivity index (χ1n) is 5.87. The van der Waals surface area contributed by atoms with E-state index in [1.54, 1.807) is 12.4 Å². The van der Waals surface area contributed by atoms with Crippen LogP contribution in [0.1, 0.15) is 35.6 Å². The zero-order chi connectivity index (χ0) is 13.8. The molecule has 0 bridgehead atoms. The number of halogens is 2. The van der Waals surface area contributed by atoms with Crippen LogP contribution < -0.4 is 5.32 Å². The zero-order valence-corrected chi connectivity index (χ0v) is 14.0. The lowest BCUT2D eigenvalue weighted by Gasteiger charge is -2.15. The number of rotatable bonds is 4. The number of hydrogen-bond donors (Lipinski definition) is 2. The van der Waals surface area contributed by atoms with Crippen LogP contribution in [0.5, 0.6) is 0 Å². The van der Waals surface area contributed by atoms with Gasteiger partial charge < -0.3 is 10.3 Å². The number of H-pyrrole nitrogens is 1. The van der Waals surface area contributed by atoms with Crippen molar-refractivity contribution in [2.45, 2.75) is 19.4 Å². The Bertz CT molecular complexity index is 571. The van der Waals surface area contributed by atoms with Crippen LogP contribution in [0.3, 0.4) is 0 Å². The Hall–Kier alpha value is -0.890. The topological polar surface area (TPSA) is 57.8 Å². The van der Waals surface area contributed by atoms with Crippen LogP contribution in [0, 0.1) is 3.57 Å². The Morgan fingerprint density at radius 2 is 2.37 bits per heavy atom. The van der Waals surface area contributed by atoms with E-state index >= 15 is 0 Å². The Balaban J connectivity index is 2.18. The van der Waals surface area contributed by atoms with E-state index in [0.29, 0.717) is 5.56 Å². The quantitative estimate of drug-likeness (QED) is 0.723. The second-order valence-corrected chi connectivity index (χ2v) is 6.13. The van der Waals surface area contributed by atoms with Gasteiger partial charge in [-0.05, 0) is 63.1 Å². The number of nitrogens with zero attached hydrogens (tertiary/aromatic N) is 1. The molecule has 1 unspecified atom stereocenters. The maximum Gasteiger partial charge on any atom is 0.253 e. The SMILES string of the molecule is CCC(NC(=O)c1cc(I)ccc1Br)c1ncc[nH]1. The summed E-state index contributed by atoms with van der Waals surface area (Å²) in [5.74, 6) is 0.672. The summed E-state index contributed by atoms with van der Waals surface area (Å²) in [5, 5.41) is 2.99. The molecule has 1 heterocycles. The lowest BCUT2D eigenvalue weighted by Crippen LogP contribution is -2.29. The highest BCUT2D eigenvalue weighted by Gasteiger charge is 2.17. The molecule has 4 nitrogen and oxygen atoms in total. The first-order valence-corrected chi connectivity index (χ1v) is 7.74. The highest BCUT2D eigenvalue weighted by atomic mass is 127. The van der Waals surface area contributed by atoms with E-state index in [1.165, 1.54) is 0 Å². The Kier molecular flexibility index (Phi) is 4.98. The summed E-state index contributed by atoms with van der Waals surface area (Å²) in [6, 6.07) is 5.58. The lowest BCUT2D eigenvalue weighted by atomic mass is 10.1. The molecule has 19 heavy (non-hydrogen) atoms. The summed E-state index contributed by atoms with van der Waals surface area (Å²) >= 11 is 5.59. The van der Waals surface area contributed by atoms with Crippen LogP contribution in [0.2, 0.25) is 0 Å². The fraction of sp³-hybridized carbons (Fsp3) is 0.231. The second kappa shape index (κ2) is 6.51. The first kappa shape index (κ1) is 14.5. The third kappa shape index (κ3) is 3.56. The average molecular weight is 434 g/mol. The molecule has 6 heteroatoms. The van der Waals surface area contributed by atoms with E-state index in [1.807, 2.05) is 25.1 Å². The van der Waals surface area contributed by atoms with Crippen LogP contribution in [-0.4, -0.2) is 15.9 Å². The van der Waals surface area contributed by atoms with Gasteiger partial charge in [0.15, 0.2) is 0 Å². The highest BCUT2D eigenvalue weighted by molar-refractivity contribution is 14.1. The first-order chi connectivity index (χ1) is 9.11. The normalized spacial score (nSPS) is 12.2. The summed E-state index contributed by atoms with van der Waals surface area (Å²) in [6.07, 6.45) is 4.22. The predicted molar refractivity (Wildman–Crippen MR) is 85.9 cm³/mol. The molecular weight excluding hydrogens is 421 g/mol. The molecule has 2 N–H and O–H groups in total. The van der Waals surface area contributed by atoms with Crippen molar-refractivity contribution in [1.82, 2.24) is 15.3 Å². The van der Waals surface area contributed by atoms with Crippen LogP contribution >= 0.6 is 38.5 Å². The molecule has 1 aromatic carbocycles. The minimum absolute atomic E-state index is 0.103. The minimum Gasteiger partial charge on any atom is -0.347 e. The summed E-state index contributed by atoms with van der Waals surface area (Å²) in [4.78, 5) is 19.5. The van der Waals surface area contributed by atoms with Gasteiger partial charge in [-0.25, -0.2) is 4.98 Å². The van der Waals surface area contributed by atoms with E-state index in [9.17, 15) is 4.79 Å².